The van der Waals surface area contributed by atoms with Gasteiger partial charge in [0.25, 0.3) is 0 Å². The summed E-state index contributed by atoms with van der Waals surface area (Å²) >= 11 is 0. The Kier molecular flexibility index (Phi) is 6.13. The van der Waals surface area contributed by atoms with Gasteiger partial charge in [-0.3, -0.25) is 0 Å². The highest BCUT2D eigenvalue weighted by Crippen LogP contribution is 2.28. The summed E-state index contributed by atoms with van der Waals surface area (Å²) < 4.78 is 5.90. The van der Waals surface area contributed by atoms with E-state index in [2.05, 4.69) is 46.8 Å². The molecule has 4 heteroatoms. The van der Waals surface area contributed by atoms with Gasteiger partial charge < -0.3 is 15.4 Å². The summed E-state index contributed by atoms with van der Waals surface area (Å²) in [5.41, 5.74) is 1.28. The number of nitrogens with one attached hydrogen (secondary N) is 2. The van der Waals surface area contributed by atoms with Crippen molar-refractivity contribution in [3.05, 3.63) is 42.0 Å². The van der Waals surface area contributed by atoms with Crippen molar-refractivity contribution < 1.29 is 4.74 Å². The molecule has 2 rings (SSSR count). The average Bonchev–Trinajstić information content (AvgIpc) is 2.92. The van der Waals surface area contributed by atoms with E-state index in [9.17, 15) is 0 Å². The molecule has 0 saturated carbocycles. The van der Waals surface area contributed by atoms with Crippen molar-refractivity contribution in [3.8, 4) is 5.75 Å². The molecule has 1 unspecified atom stereocenters. The Bertz CT molecular complexity index is 472. The fourth-order valence-electron chi connectivity index (χ4n) is 2.33. The number of nitrogens with zero attached hydrogens (tertiary/aromatic N) is 1. The summed E-state index contributed by atoms with van der Waals surface area (Å²) in [4.78, 5) is 4.62. The maximum Gasteiger partial charge on any atom is 0.191 e. The first-order valence-electron chi connectivity index (χ1n) is 7.71. The highest BCUT2D eigenvalue weighted by molar-refractivity contribution is 5.79. The first-order valence-corrected chi connectivity index (χ1v) is 7.71. The molecule has 1 aromatic carbocycles. The van der Waals surface area contributed by atoms with Crippen LogP contribution in [-0.2, 0) is 6.42 Å². The van der Waals surface area contributed by atoms with E-state index < -0.39 is 0 Å². The zero-order valence-electron chi connectivity index (χ0n) is 12.9. The van der Waals surface area contributed by atoms with E-state index in [1.807, 2.05) is 19.1 Å². The molecule has 21 heavy (non-hydrogen) atoms. The lowest BCUT2D eigenvalue weighted by atomic mass is 10.1. The number of benzene rings is 1. The largest absolute Gasteiger partial charge is 0.488 e. The van der Waals surface area contributed by atoms with Crippen LogP contribution < -0.4 is 15.4 Å². The summed E-state index contributed by atoms with van der Waals surface area (Å²) in [6.07, 6.45) is 6.31. The molecule has 2 N–H and O–H groups in total. The van der Waals surface area contributed by atoms with Gasteiger partial charge in [0.1, 0.15) is 11.9 Å². The summed E-state index contributed by atoms with van der Waals surface area (Å²) in [5.74, 6) is 1.87. The Balaban J connectivity index is 1.83. The van der Waals surface area contributed by atoms with Crippen LogP contribution in [0, 0.1) is 0 Å². The number of allylic oxidation sites excluding steroid dienone is 1. The molecule has 1 aliphatic rings. The van der Waals surface area contributed by atoms with E-state index in [1.165, 1.54) is 5.56 Å². The van der Waals surface area contributed by atoms with Crippen molar-refractivity contribution in [2.45, 2.75) is 32.8 Å². The Morgan fingerprint density at radius 3 is 3.00 bits per heavy atom. The van der Waals surface area contributed by atoms with Crippen molar-refractivity contribution in [1.82, 2.24) is 10.6 Å². The van der Waals surface area contributed by atoms with Crippen molar-refractivity contribution >= 4 is 5.96 Å². The molecule has 4 nitrogen and oxygen atoms in total. The van der Waals surface area contributed by atoms with E-state index in [-0.39, 0.29) is 6.10 Å². The molecule has 0 spiro atoms. The van der Waals surface area contributed by atoms with Gasteiger partial charge in [0.2, 0.25) is 0 Å². The summed E-state index contributed by atoms with van der Waals surface area (Å²) in [7, 11) is 0. The predicted molar refractivity (Wildman–Crippen MR) is 88.0 cm³/mol. The van der Waals surface area contributed by atoms with Crippen LogP contribution in [0.25, 0.3) is 0 Å². The maximum absolute atomic E-state index is 5.90. The van der Waals surface area contributed by atoms with Crippen LogP contribution in [0.1, 0.15) is 25.8 Å². The average molecular weight is 287 g/mol. The van der Waals surface area contributed by atoms with Crippen LogP contribution in [-0.4, -0.2) is 31.7 Å². The Morgan fingerprint density at radius 1 is 1.38 bits per heavy atom. The normalized spacial score (nSPS) is 17.6. The van der Waals surface area contributed by atoms with Crippen LogP contribution in [0.3, 0.4) is 0 Å². The molecule has 114 valence electrons. The maximum atomic E-state index is 5.90. The van der Waals surface area contributed by atoms with Gasteiger partial charge in [-0.2, -0.15) is 0 Å². The number of hydrogen-bond acceptors (Lipinski definition) is 2. The third-order valence-corrected chi connectivity index (χ3v) is 3.35. The van der Waals surface area contributed by atoms with Crippen LogP contribution in [0.15, 0.2) is 41.4 Å². The second-order valence-electron chi connectivity index (χ2n) is 5.06. The standard InChI is InChI=1S/C17H25N3O/c1-3-5-8-11-19-17(18-4-2)20-13-15-12-14-9-6-7-10-16(14)21-15/h3,5-7,9-10,15H,4,8,11-13H2,1-2H3,(H2,18,19,20)/b5-3+. The topological polar surface area (TPSA) is 45.7 Å². The quantitative estimate of drug-likeness (QED) is 0.366. The van der Waals surface area contributed by atoms with Crippen molar-refractivity contribution in [3.63, 3.8) is 0 Å². The SMILES string of the molecule is C/C=C/CCNC(=NCC1Cc2ccccc2O1)NCC. The molecule has 1 aromatic rings. The van der Waals surface area contributed by atoms with Crippen molar-refractivity contribution in [2.24, 2.45) is 4.99 Å². The molecule has 1 aliphatic heterocycles. The van der Waals surface area contributed by atoms with Gasteiger partial charge in [0.05, 0.1) is 6.54 Å². The third-order valence-electron chi connectivity index (χ3n) is 3.35. The van der Waals surface area contributed by atoms with E-state index in [4.69, 9.17) is 4.74 Å². The van der Waals surface area contributed by atoms with Gasteiger partial charge in [-0.05, 0) is 31.9 Å². The molecule has 0 aliphatic carbocycles. The molecule has 1 heterocycles. The lowest BCUT2D eigenvalue weighted by Crippen LogP contribution is -2.38. The third kappa shape index (κ3) is 4.81. The van der Waals surface area contributed by atoms with Crippen LogP contribution in [0.4, 0.5) is 0 Å². The second-order valence-corrected chi connectivity index (χ2v) is 5.06. The fraction of sp³-hybridized carbons (Fsp3) is 0.471. The number of fused-ring (bicyclic) bond motifs is 1. The Labute approximate surface area is 127 Å². The first kappa shape index (κ1) is 15.4. The monoisotopic (exact) mass is 287 g/mol. The molecule has 0 aromatic heterocycles. The summed E-state index contributed by atoms with van der Waals surface area (Å²) in [6, 6.07) is 8.22. The molecular formula is C17H25N3O. The van der Waals surface area contributed by atoms with Crippen LogP contribution in [0.2, 0.25) is 0 Å². The zero-order chi connectivity index (χ0) is 14.9. The number of rotatable bonds is 6. The van der Waals surface area contributed by atoms with Gasteiger partial charge >= 0.3 is 0 Å². The molecule has 0 amide bonds. The molecular weight excluding hydrogens is 262 g/mol. The van der Waals surface area contributed by atoms with Gasteiger partial charge in [-0.15, -0.1) is 0 Å². The lowest BCUT2D eigenvalue weighted by molar-refractivity contribution is 0.241. The molecule has 0 radical (unpaired) electrons. The van der Waals surface area contributed by atoms with E-state index >= 15 is 0 Å². The number of guanidine groups is 1. The lowest BCUT2D eigenvalue weighted by Gasteiger charge is -2.12. The van der Waals surface area contributed by atoms with Crippen LogP contribution in [0.5, 0.6) is 5.75 Å². The van der Waals surface area contributed by atoms with Crippen LogP contribution >= 0.6 is 0 Å². The van der Waals surface area contributed by atoms with E-state index in [0.717, 1.165) is 37.6 Å². The van der Waals surface area contributed by atoms with Gasteiger partial charge in [-0.1, -0.05) is 30.4 Å². The Hall–Kier alpha value is -1.97. The van der Waals surface area contributed by atoms with Gasteiger partial charge in [0, 0.05) is 19.5 Å². The second kappa shape index (κ2) is 8.35. The predicted octanol–water partition coefficient (Wildman–Crippen LogP) is 2.51. The number of ether oxygens (including phenoxy) is 1. The summed E-state index contributed by atoms with van der Waals surface area (Å²) in [5, 5.41) is 6.60. The number of hydrogen-bond donors (Lipinski definition) is 2. The summed E-state index contributed by atoms with van der Waals surface area (Å²) in [6.45, 7) is 6.54. The first-order chi connectivity index (χ1) is 10.3. The minimum absolute atomic E-state index is 0.147. The molecule has 0 bridgehead atoms. The number of para-hydroxylation sites is 1. The minimum Gasteiger partial charge on any atom is -0.488 e. The van der Waals surface area contributed by atoms with E-state index in [0.29, 0.717) is 6.54 Å². The number of aliphatic imine (C=N–C) groups is 1. The smallest absolute Gasteiger partial charge is 0.191 e. The molecule has 0 fully saturated rings. The van der Waals surface area contributed by atoms with Gasteiger partial charge in [-0.25, -0.2) is 4.99 Å². The van der Waals surface area contributed by atoms with Crippen molar-refractivity contribution in [2.75, 3.05) is 19.6 Å². The van der Waals surface area contributed by atoms with Gasteiger partial charge in [0.15, 0.2) is 5.96 Å². The van der Waals surface area contributed by atoms with Crippen molar-refractivity contribution in [1.29, 1.82) is 0 Å². The van der Waals surface area contributed by atoms with E-state index in [1.54, 1.807) is 0 Å². The minimum atomic E-state index is 0.147. The highest BCUT2D eigenvalue weighted by Gasteiger charge is 2.21. The zero-order valence-corrected chi connectivity index (χ0v) is 12.9. The molecule has 1 atom stereocenters. The Morgan fingerprint density at radius 2 is 2.24 bits per heavy atom. The highest BCUT2D eigenvalue weighted by atomic mass is 16.5. The fourth-order valence-corrected chi connectivity index (χ4v) is 2.33. The molecule has 0 saturated heterocycles.